The maximum Gasteiger partial charge on any atom is 0.236 e. The zero-order chi connectivity index (χ0) is 12.4. The molecule has 2 aliphatic heterocycles. The Morgan fingerprint density at radius 3 is 2.29 bits per heavy atom. The van der Waals surface area contributed by atoms with Gasteiger partial charge in [0.1, 0.15) is 0 Å². The van der Waals surface area contributed by atoms with Crippen LogP contribution in [-0.4, -0.2) is 73.0 Å². The number of nitrogens with zero attached hydrogens (tertiary/aromatic N) is 3. The van der Waals surface area contributed by atoms with Gasteiger partial charge in [-0.1, -0.05) is 6.92 Å². The second-order valence-corrected chi connectivity index (χ2v) is 5.66. The van der Waals surface area contributed by atoms with Gasteiger partial charge in [0.15, 0.2) is 0 Å². The number of piperazine rings is 1. The number of likely N-dealkylation sites (tertiary alicyclic amines) is 1. The average molecular weight is 239 g/mol. The summed E-state index contributed by atoms with van der Waals surface area (Å²) in [4.78, 5) is 18.7. The van der Waals surface area contributed by atoms with Crippen LogP contribution in [0.4, 0.5) is 0 Å². The number of carbonyl (C=O) groups excluding carboxylic acids is 1. The molecule has 2 fully saturated rings. The van der Waals surface area contributed by atoms with E-state index in [1.54, 1.807) is 0 Å². The fourth-order valence-corrected chi connectivity index (χ4v) is 3.19. The number of fused-ring (bicyclic) bond motifs is 2. The summed E-state index contributed by atoms with van der Waals surface area (Å²) in [5.41, 5.74) is 0. The van der Waals surface area contributed by atoms with Crippen LogP contribution in [-0.2, 0) is 4.79 Å². The summed E-state index contributed by atoms with van der Waals surface area (Å²) in [7, 11) is 3.92. The minimum atomic E-state index is 0.294. The fraction of sp³-hybridized carbons (Fsp3) is 0.923. The molecule has 0 aromatic rings. The highest BCUT2D eigenvalue weighted by molar-refractivity contribution is 5.78. The van der Waals surface area contributed by atoms with Gasteiger partial charge in [0.05, 0.1) is 6.54 Å². The third-order valence-corrected chi connectivity index (χ3v) is 3.92. The molecule has 2 saturated heterocycles. The first-order valence-electron chi connectivity index (χ1n) is 6.80. The molecule has 0 N–H and O–H groups in total. The van der Waals surface area contributed by atoms with Crippen molar-refractivity contribution < 1.29 is 4.79 Å². The van der Waals surface area contributed by atoms with Gasteiger partial charge in [0, 0.05) is 25.2 Å². The normalized spacial score (nSPS) is 29.1. The van der Waals surface area contributed by atoms with Gasteiger partial charge < -0.3 is 9.80 Å². The van der Waals surface area contributed by atoms with Crippen LogP contribution in [0, 0.1) is 0 Å². The van der Waals surface area contributed by atoms with Crippen LogP contribution in [0.5, 0.6) is 0 Å². The number of carbonyl (C=O) groups is 1. The van der Waals surface area contributed by atoms with Crippen LogP contribution >= 0.6 is 0 Å². The predicted molar refractivity (Wildman–Crippen MR) is 68.9 cm³/mol. The van der Waals surface area contributed by atoms with Gasteiger partial charge in [0.2, 0.25) is 5.91 Å². The number of likely N-dealkylation sites (N-methyl/N-ethyl adjacent to an activating group) is 1. The molecule has 0 aromatic heterocycles. The number of rotatable bonds is 4. The Morgan fingerprint density at radius 2 is 1.82 bits per heavy atom. The van der Waals surface area contributed by atoms with Crippen molar-refractivity contribution in [1.29, 1.82) is 0 Å². The molecule has 0 spiro atoms. The van der Waals surface area contributed by atoms with Crippen molar-refractivity contribution in [2.45, 2.75) is 38.3 Å². The lowest BCUT2D eigenvalue weighted by atomic mass is 10.1. The van der Waals surface area contributed by atoms with E-state index in [1.165, 1.54) is 25.8 Å². The van der Waals surface area contributed by atoms with E-state index in [2.05, 4.69) is 16.7 Å². The Kier molecular flexibility index (Phi) is 4.05. The molecule has 98 valence electrons. The molecule has 2 atom stereocenters. The summed E-state index contributed by atoms with van der Waals surface area (Å²) in [5, 5.41) is 0. The molecule has 0 radical (unpaired) electrons. The molecule has 2 aliphatic rings. The zero-order valence-corrected chi connectivity index (χ0v) is 11.4. The minimum Gasteiger partial charge on any atom is -0.338 e. The first-order valence-corrected chi connectivity index (χ1v) is 6.80. The summed E-state index contributed by atoms with van der Waals surface area (Å²) in [5.74, 6) is 0.294. The summed E-state index contributed by atoms with van der Waals surface area (Å²) in [6, 6.07) is 1.25. The van der Waals surface area contributed by atoms with Gasteiger partial charge in [-0.3, -0.25) is 9.69 Å². The summed E-state index contributed by atoms with van der Waals surface area (Å²) in [6.45, 7) is 5.88. The molecule has 2 rings (SSSR count). The second kappa shape index (κ2) is 5.36. The Labute approximate surface area is 105 Å². The highest BCUT2D eigenvalue weighted by Crippen LogP contribution is 2.30. The average Bonchev–Trinajstić information content (AvgIpc) is 2.50. The van der Waals surface area contributed by atoms with E-state index in [9.17, 15) is 4.79 Å². The smallest absolute Gasteiger partial charge is 0.236 e. The van der Waals surface area contributed by atoms with E-state index in [0.717, 1.165) is 13.1 Å². The number of hydrogen-bond acceptors (Lipinski definition) is 3. The van der Waals surface area contributed by atoms with Crippen LogP contribution in [0.15, 0.2) is 0 Å². The van der Waals surface area contributed by atoms with Crippen LogP contribution in [0.2, 0.25) is 0 Å². The molecule has 0 aliphatic carbocycles. The third-order valence-electron chi connectivity index (χ3n) is 3.92. The molecule has 2 heterocycles. The maximum absolute atomic E-state index is 12.1. The fourth-order valence-electron chi connectivity index (χ4n) is 3.19. The molecule has 0 aromatic carbocycles. The molecule has 1 amide bonds. The van der Waals surface area contributed by atoms with Crippen molar-refractivity contribution in [3.05, 3.63) is 0 Å². The molecule has 4 nitrogen and oxygen atoms in total. The Hall–Kier alpha value is -0.610. The van der Waals surface area contributed by atoms with Crippen LogP contribution < -0.4 is 0 Å². The van der Waals surface area contributed by atoms with Crippen molar-refractivity contribution in [3.63, 3.8) is 0 Å². The van der Waals surface area contributed by atoms with Crippen molar-refractivity contribution >= 4 is 5.91 Å². The Balaban J connectivity index is 1.92. The second-order valence-electron chi connectivity index (χ2n) is 5.66. The van der Waals surface area contributed by atoms with E-state index >= 15 is 0 Å². The van der Waals surface area contributed by atoms with E-state index < -0.39 is 0 Å². The highest BCUT2D eigenvalue weighted by Gasteiger charge is 2.40. The van der Waals surface area contributed by atoms with E-state index in [-0.39, 0.29) is 0 Å². The van der Waals surface area contributed by atoms with Crippen molar-refractivity contribution in [2.75, 3.05) is 40.3 Å². The number of amides is 1. The molecule has 4 heteroatoms. The summed E-state index contributed by atoms with van der Waals surface area (Å²) < 4.78 is 0. The zero-order valence-electron chi connectivity index (χ0n) is 11.4. The van der Waals surface area contributed by atoms with Gasteiger partial charge in [-0.15, -0.1) is 0 Å². The molecular formula is C13H25N3O. The minimum absolute atomic E-state index is 0.294. The Morgan fingerprint density at radius 1 is 1.24 bits per heavy atom. The first kappa shape index (κ1) is 12.8. The molecule has 17 heavy (non-hydrogen) atoms. The van der Waals surface area contributed by atoms with E-state index in [0.29, 0.717) is 24.5 Å². The monoisotopic (exact) mass is 239 g/mol. The van der Waals surface area contributed by atoms with Crippen molar-refractivity contribution in [1.82, 2.24) is 14.7 Å². The van der Waals surface area contributed by atoms with Crippen LogP contribution in [0.25, 0.3) is 0 Å². The third kappa shape index (κ3) is 2.80. The summed E-state index contributed by atoms with van der Waals surface area (Å²) in [6.07, 6.45) is 3.77. The lowest BCUT2D eigenvalue weighted by molar-refractivity contribution is -0.135. The largest absolute Gasteiger partial charge is 0.338 e. The van der Waals surface area contributed by atoms with Gasteiger partial charge in [-0.05, 0) is 39.9 Å². The van der Waals surface area contributed by atoms with Gasteiger partial charge >= 0.3 is 0 Å². The van der Waals surface area contributed by atoms with E-state index in [1.807, 2.05) is 19.0 Å². The lowest BCUT2D eigenvalue weighted by Gasteiger charge is -2.41. The van der Waals surface area contributed by atoms with Gasteiger partial charge in [-0.2, -0.15) is 0 Å². The van der Waals surface area contributed by atoms with Gasteiger partial charge in [-0.25, -0.2) is 0 Å². The number of hydrogen-bond donors (Lipinski definition) is 0. The quantitative estimate of drug-likeness (QED) is 0.720. The standard InChI is InChI=1S/C13H25N3O/c1-4-7-16-11-5-6-12(16)9-15(8-11)13(17)10-14(2)3/h11-12H,4-10H2,1-3H3. The molecule has 2 unspecified atom stereocenters. The van der Waals surface area contributed by atoms with Gasteiger partial charge in [0.25, 0.3) is 0 Å². The SMILES string of the molecule is CCCN1C2CCC1CN(C(=O)CN(C)C)C2. The lowest BCUT2D eigenvalue weighted by Crippen LogP contribution is -2.56. The topological polar surface area (TPSA) is 26.8 Å². The molecule has 0 saturated carbocycles. The van der Waals surface area contributed by atoms with E-state index in [4.69, 9.17) is 0 Å². The summed E-state index contributed by atoms with van der Waals surface area (Å²) >= 11 is 0. The van der Waals surface area contributed by atoms with Crippen LogP contribution in [0.1, 0.15) is 26.2 Å². The van der Waals surface area contributed by atoms with Crippen molar-refractivity contribution in [2.24, 2.45) is 0 Å². The Bertz CT molecular complexity index is 266. The predicted octanol–water partition coefficient (Wildman–Crippen LogP) is 0.633. The van der Waals surface area contributed by atoms with Crippen molar-refractivity contribution in [3.8, 4) is 0 Å². The van der Waals surface area contributed by atoms with Crippen LogP contribution in [0.3, 0.4) is 0 Å². The first-order chi connectivity index (χ1) is 8.11. The highest BCUT2D eigenvalue weighted by atomic mass is 16.2. The maximum atomic E-state index is 12.1. The molecular weight excluding hydrogens is 214 g/mol. The molecule has 2 bridgehead atoms.